The molecule has 2 aliphatic rings. The number of nitrogens with zero attached hydrogens (tertiary/aromatic N) is 2. The minimum Gasteiger partial charge on any atom is -0.388 e. The highest BCUT2D eigenvalue weighted by Crippen LogP contribution is 2.43. The van der Waals surface area contributed by atoms with Gasteiger partial charge in [-0.1, -0.05) is 20.8 Å². The molecular weight excluding hydrogens is 248 g/mol. The van der Waals surface area contributed by atoms with E-state index in [1.165, 1.54) is 30.8 Å². The molecule has 0 bridgehead atoms. The first-order valence-corrected chi connectivity index (χ1v) is 7.93. The van der Waals surface area contributed by atoms with Crippen LogP contribution < -0.4 is 0 Å². The summed E-state index contributed by atoms with van der Waals surface area (Å²) in [4.78, 5) is 2.43. The van der Waals surface area contributed by atoms with Crippen LogP contribution in [0.4, 0.5) is 0 Å². The van der Waals surface area contributed by atoms with Gasteiger partial charge < -0.3 is 14.6 Å². The van der Waals surface area contributed by atoms with E-state index in [-0.39, 0.29) is 11.5 Å². The molecule has 1 aromatic heterocycles. The SMILES string of the molecule is CC1CN(C)CCC1n1ccc2c1CC(C)(C)CC2O. The van der Waals surface area contributed by atoms with Gasteiger partial charge in [0.05, 0.1) is 6.10 Å². The normalized spacial score (nSPS) is 34.0. The molecule has 3 atom stereocenters. The summed E-state index contributed by atoms with van der Waals surface area (Å²) < 4.78 is 2.48. The molecule has 1 saturated heterocycles. The van der Waals surface area contributed by atoms with Crippen LogP contribution in [-0.2, 0) is 6.42 Å². The van der Waals surface area contributed by atoms with E-state index in [0.29, 0.717) is 12.0 Å². The molecule has 2 heterocycles. The first-order chi connectivity index (χ1) is 9.37. The summed E-state index contributed by atoms with van der Waals surface area (Å²) in [5.41, 5.74) is 2.77. The van der Waals surface area contributed by atoms with Crippen molar-refractivity contribution in [2.45, 2.75) is 52.2 Å². The summed E-state index contributed by atoms with van der Waals surface area (Å²) in [7, 11) is 2.21. The standard InChI is InChI=1S/C17H28N2O/c1-12-11-18(4)7-6-14(12)19-8-5-13-15(19)9-17(2,3)10-16(13)20/h5,8,12,14,16,20H,6-7,9-11H2,1-4H3. The molecule has 1 aliphatic heterocycles. The van der Waals surface area contributed by atoms with Gasteiger partial charge in [0.25, 0.3) is 0 Å². The predicted octanol–water partition coefficient (Wildman–Crippen LogP) is 3.01. The molecule has 1 fully saturated rings. The van der Waals surface area contributed by atoms with Gasteiger partial charge in [-0.3, -0.25) is 0 Å². The fraction of sp³-hybridized carbons (Fsp3) is 0.765. The maximum absolute atomic E-state index is 10.4. The van der Waals surface area contributed by atoms with Crippen LogP contribution in [0.2, 0.25) is 0 Å². The minimum absolute atomic E-state index is 0.206. The summed E-state index contributed by atoms with van der Waals surface area (Å²) in [6.07, 6.45) is 5.13. The van der Waals surface area contributed by atoms with E-state index in [0.717, 1.165) is 12.8 Å². The lowest BCUT2D eigenvalue weighted by atomic mass is 9.75. The third-order valence-electron chi connectivity index (χ3n) is 5.23. The van der Waals surface area contributed by atoms with Gasteiger partial charge in [-0.15, -0.1) is 0 Å². The van der Waals surface area contributed by atoms with E-state index < -0.39 is 0 Å². The minimum atomic E-state index is -0.281. The molecule has 0 aromatic carbocycles. The maximum atomic E-state index is 10.4. The quantitative estimate of drug-likeness (QED) is 0.854. The summed E-state index contributed by atoms with van der Waals surface area (Å²) in [6, 6.07) is 2.75. The summed E-state index contributed by atoms with van der Waals surface area (Å²) in [5, 5.41) is 10.4. The van der Waals surface area contributed by atoms with E-state index in [4.69, 9.17) is 0 Å². The second-order valence-electron chi connectivity index (χ2n) is 7.78. The van der Waals surface area contributed by atoms with Crippen molar-refractivity contribution in [1.82, 2.24) is 9.47 Å². The van der Waals surface area contributed by atoms with Crippen LogP contribution in [-0.4, -0.2) is 34.7 Å². The van der Waals surface area contributed by atoms with Gasteiger partial charge in [0.15, 0.2) is 0 Å². The number of likely N-dealkylation sites (tertiary alicyclic amines) is 1. The molecule has 0 spiro atoms. The van der Waals surface area contributed by atoms with Crippen molar-refractivity contribution in [2.75, 3.05) is 20.1 Å². The van der Waals surface area contributed by atoms with Crippen molar-refractivity contribution >= 4 is 0 Å². The molecule has 3 rings (SSSR count). The molecule has 3 heteroatoms. The van der Waals surface area contributed by atoms with Gasteiger partial charge in [-0.25, -0.2) is 0 Å². The molecule has 112 valence electrons. The van der Waals surface area contributed by atoms with Crippen LogP contribution in [0.3, 0.4) is 0 Å². The smallest absolute Gasteiger partial charge is 0.0812 e. The zero-order chi connectivity index (χ0) is 14.5. The van der Waals surface area contributed by atoms with Crippen molar-refractivity contribution in [2.24, 2.45) is 11.3 Å². The second-order valence-corrected chi connectivity index (χ2v) is 7.78. The number of piperidine rings is 1. The fourth-order valence-electron chi connectivity index (χ4n) is 4.22. The second kappa shape index (κ2) is 4.88. The van der Waals surface area contributed by atoms with Crippen molar-refractivity contribution in [1.29, 1.82) is 0 Å². The molecule has 1 aromatic rings. The monoisotopic (exact) mass is 276 g/mol. The first-order valence-electron chi connectivity index (χ1n) is 7.93. The lowest BCUT2D eigenvalue weighted by molar-refractivity contribution is 0.0943. The number of aliphatic hydroxyl groups is 1. The maximum Gasteiger partial charge on any atom is 0.0812 e. The third-order valence-corrected chi connectivity index (χ3v) is 5.23. The van der Waals surface area contributed by atoms with E-state index in [2.05, 4.69) is 49.5 Å². The van der Waals surface area contributed by atoms with Crippen LogP contribution in [0.5, 0.6) is 0 Å². The Hall–Kier alpha value is -0.800. The van der Waals surface area contributed by atoms with E-state index >= 15 is 0 Å². The van der Waals surface area contributed by atoms with E-state index in [1.54, 1.807) is 0 Å². The number of fused-ring (bicyclic) bond motifs is 1. The average molecular weight is 276 g/mol. The Morgan fingerprint density at radius 2 is 2.10 bits per heavy atom. The van der Waals surface area contributed by atoms with E-state index in [1.807, 2.05) is 0 Å². The molecule has 3 nitrogen and oxygen atoms in total. The third kappa shape index (κ3) is 2.42. The molecule has 1 aliphatic carbocycles. The Kier molecular flexibility index (Phi) is 3.46. The van der Waals surface area contributed by atoms with Crippen LogP contribution >= 0.6 is 0 Å². The van der Waals surface area contributed by atoms with Crippen LogP contribution in [0.15, 0.2) is 12.3 Å². The highest BCUT2D eigenvalue weighted by Gasteiger charge is 2.35. The summed E-state index contributed by atoms with van der Waals surface area (Å²) in [5.74, 6) is 0.674. The Morgan fingerprint density at radius 3 is 2.80 bits per heavy atom. The number of rotatable bonds is 1. The summed E-state index contributed by atoms with van der Waals surface area (Å²) >= 11 is 0. The number of hydrogen-bond donors (Lipinski definition) is 1. The molecular formula is C17H28N2O. The van der Waals surface area contributed by atoms with Gasteiger partial charge in [0, 0.05) is 30.0 Å². The zero-order valence-corrected chi connectivity index (χ0v) is 13.3. The van der Waals surface area contributed by atoms with Gasteiger partial charge in [0.1, 0.15) is 0 Å². The average Bonchev–Trinajstić information content (AvgIpc) is 2.71. The van der Waals surface area contributed by atoms with Gasteiger partial charge in [-0.05, 0) is 50.3 Å². The fourth-order valence-corrected chi connectivity index (χ4v) is 4.22. The van der Waals surface area contributed by atoms with E-state index in [9.17, 15) is 5.11 Å². The van der Waals surface area contributed by atoms with Crippen molar-refractivity contribution < 1.29 is 5.11 Å². The summed E-state index contributed by atoms with van der Waals surface area (Å²) in [6.45, 7) is 9.25. The van der Waals surface area contributed by atoms with Crippen molar-refractivity contribution in [3.8, 4) is 0 Å². The molecule has 3 unspecified atom stereocenters. The van der Waals surface area contributed by atoms with Crippen molar-refractivity contribution in [3.63, 3.8) is 0 Å². The lowest BCUT2D eigenvalue weighted by Crippen LogP contribution is -2.38. The van der Waals surface area contributed by atoms with Crippen LogP contribution in [0.1, 0.15) is 57.0 Å². The zero-order valence-electron chi connectivity index (χ0n) is 13.3. The highest BCUT2D eigenvalue weighted by molar-refractivity contribution is 5.30. The Bertz CT molecular complexity index is 491. The van der Waals surface area contributed by atoms with Crippen LogP contribution in [0, 0.1) is 11.3 Å². The largest absolute Gasteiger partial charge is 0.388 e. The van der Waals surface area contributed by atoms with Gasteiger partial charge >= 0.3 is 0 Å². The first kappa shape index (κ1) is 14.2. The predicted molar refractivity (Wildman–Crippen MR) is 81.8 cm³/mol. The van der Waals surface area contributed by atoms with Crippen molar-refractivity contribution in [3.05, 3.63) is 23.5 Å². The molecule has 0 amide bonds. The topological polar surface area (TPSA) is 28.4 Å². The highest BCUT2D eigenvalue weighted by atomic mass is 16.3. The van der Waals surface area contributed by atoms with Gasteiger partial charge in [0.2, 0.25) is 0 Å². The molecule has 0 radical (unpaired) electrons. The molecule has 20 heavy (non-hydrogen) atoms. The van der Waals surface area contributed by atoms with Gasteiger partial charge in [-0.2, -0.15) is 0 Å². The molecule has 1 N–H and O–H groups in total. The Morgan fingerprint density at radius 1 is 1.35 bits per heavy atom. The lowest BCUT2D eigenvalue weighted by Gasteiger charge is -2.39. The Balaban J connectivity index is 1.93. The van der Waals surface area contributed by atoms with Crippen LogP contribution in [0.25, 0.3) is 0 Å². The number of aromatic nitrogens is 1. The molecule has 0 saturated carbocycles. The number of hydrogen-bond acceptors (Lipinski definition) is 2. The Labute approximate surface area is 122 Å². The number of aliphatic hydroxyl groups excluding tert-OH is 1.